The fraction of sp³-hybridized carbons (Fsp3) is 0.500. The number of rotatable bonds is 3. The lowest BCUT2D eigenvalue weighted by Gasteiger charge is -2.25. The third-order valence-electron chi connectivity index (χ3n) is 3.52. The molecule has 2 rings (SSSR count). The number of amides is 1. The fourth-order valence-corrected chi connectivity index (χ4v) is 2.41. The minimum absolute atomic E-state index is 0.117. The Morgan fingerprint density at radius 1 is 1.41 bits per heavy atom. The van der Waals surface area contributed by atoms with Gasteiger partial charge in [0.2, 0.25) is 0 Å². The lowest BCUT2D eigenvalue weighted by atomic mass is 10.1. The van der Waals surface area contributed by atoms with Gasteiger partial charge in [-0.3, -0.25) is 4.79 Å². The average molecular weight is 232 g/mol. The number of likely N-dealkylation sites (N-methyl/N-ethyl adjacent to an activating group) is 2. The molecular weight excluding hydrogens is 212 g/mol. The molecule has 92 valence electrons. The summed E-state index contributed by atoms with van der Waals surface area (Å²) in [5.74, 6) is 0.117. The number of hydrogen-bond acceptors (Lipinski definition) is 2. The first-order valence-corrected chi connectivity index (χ1v) is 6.19. The molecule has 1 saturated heterocycles. The summed E-state index contributed by atoms with van der Waals surface area (Å²) < 4.78 is 0. The van der Waals surface area contributed by atoms with Crippen LogP contribution in [0.4, 0.5) is 0 Å². The molecule has 3 heteroatoms. The van der Waals surface area contributed by atoms with Crippen molar-refractivity contribution in [2.45, 2.75) is 18.9 Å². The number of hydrogen-bond donors (Lipinski definition) is 0. The number of benzene rings is 1. The first kappa shape index (κ1) is 12.1. The summed E-state index contributed by atoms with van der Waals surface area (Å²) in [6.07, 6.45) is 2.44. The molecule has 0 spiro atoms. The Labute approximate surface area is 103 Å². The third-order valence-corrected chi connectivity index (χ3v) is 3.52. The minimum atomic E-state index is 0.117. The molecule has 3 nitrogen and oxygen atoms in total. The summed E-state index contributed by atoms with van der Waals surface area (Å²) in [6, 6.07) is 10.0. The van der Waals surface area contributed by atoms with Crippen molar-refractivity contribution < 1.29 is 4.79 Å². The largest absolute Gasteiger partial charge is 0.340 e. The number of carbonyl (C=O) groups excluding carboxylic acids is 1. The second kappa shape index (κ2) is 5.32. The molecule has 1 atom stereocenters. The molecule has 1 heterocycles. The maximum Gasteiger partial charge on any atom is 0.253 e. The van der Waals surface area contributed by atoms with Gasteiger partial charge in [-0.15, -0.1) is 0 Å². The molecular formula is C14H20N2O. The molecule has 0 aromatic heterocycles. The van der Waals surface area contributed by atoms with E-state index in [1.54, 1.807) is 0 Å². The molecule has 0 radical (unpaired) electrons. The van der Waals surface area contributed by atoms with Crippen LogP contribution in [0.2, 0.25) is 0 Å². The predicted octanol–water partition coefficient (Wildman–Crippen LogP) is 1.85. The Morgan fingerprint density at radius 3 is 2.71 bits per heavy atom. The lowest BCUT2D eigenvalue weighted by Crippen LogP contribution is -2.39. The van der Waals surface area contributed by atoms with Crippen molar-refractivity contribution in [2.24, 2.45) is 0 Å². The highest BCUT2D eigenvalue weighted by Gasteiger charge is 2.24. The first-order valence-electron chi connectivity index (χ1n) is 6.19. The third kappa shape index (κ3) is 2.86. The van der Waals surface area contributed by atoms with E-state index in [0.29, 0.717) is 6.04 Å². The van der Waals surface area contributed by atoms with Gasteiger partial charge in [-0.05, 0) is 38.6 Å². The van der Waals surface area contributed by atoms with Gasteiger partial charge in [0.25, 0.3) is 5.91 Å². The zero-order valence-electron chi connectivity index (χ0n) is 10.6. The SMILES string of the molecule is CN(CC1CCCN1C)C(=O)c1ccccc1. The zero-order chi connectivity index (χ0) is 12.3. The summed E-state index contributed by atoms with van der Waals surface area (Å²) >= 11 is 0. The van der Waals surface area contributed by atoms with Crippen LogP contribution in [-0.2, 0) is 0 Å². The molecule has 0 aliphatic carbocycles. The summed E-state index contributed by atoms with van der Waals surface area (Å²) in [5, 5.41) is 0. The van der Waals surface area contributed by atoms with Crippen molar-refractivity contribution in [1.29, 1.82) is 0 Å². The minimum Gasteiger partial charge on any atom is -0.340 e. The maximum atomic E-state index is 12.1. The molecule has 1 aromatic rings. The summed E-state index contributed by atoms with van der Waals surface area (Å²) in [5.41, 5.74) is 0.774. The van der Waals surface area contributed by atoms with E-state index in [2.05, 4.69) is 11.9 Å². The molecule has 1 aliphatic heterocycles. The monoisotopic (exact) mass is 232 g/mol. The van der Waals surface area contributed by atoms with Gasteiger partial charge in [-0.25, -0.2) is 0 Å². The summed E-state index contributed by atoms with van der Waals surface area (Å²) in [7, 11) is 4.03. The van der Waals surface area contributed by atoms with E-state index in [9.17, 15) is 4.79 Å². The van der Waals surface area contributed by atoms with E-state index in [1.165, 1.54) is 12.8 Å². The highest BCUT2D eigenvalue weighted by Crippen LogP contribution is 2.16. The second-order valence-electron chi connectivity index (χ2n) is 4.83. The van der Waals surface area contributed by atoms with E-state index >= 15 is 0 Å². The van der Waals surface area contributed by atoms with Crippen molar-refractivity contribution in [3.8, 4) is 0 Å². The van der Waals surface area contributed by atoms with E-state index in [-0.39, 0.29) is 5.91 Å². The summed E-state index contributed by atoms with van der Waals surface area (Å²) in [4.78, 5) is 16.3. The smallest absolute Gasteiger partial charge is 0.253 e. The Hall–Kier alpha value is -1.35. The fourth-order valence-electron chi connectivity index (χ4n) is 2.41. The topological polar surface area (TPSA) is 23.6 Å². The van der Waals surface area contributed by atoms with E-state index in [1.807, 2.05) is 42.3 Å². The second-order valence-corrected chi connectivity index (χ2v) is 4.83. The Bertz CT molecular complexity index is 377. The van der Waals surface area contributed by atoms with Gasteiger partial charge in [0, 0.05) is 25.2 Å². The number of carbonyl (C=O) groups is 1. The van der Waals surface area contributed by atoms with Gasteiger partial charge in [0.15, 0.2) is 0 Å². The van der Waals surface area contributed by atoms with Gasteiger partial charge in [-0.1, -0.05) is 18.2 Å². The van der Waals surface area contributed by atoms with Crippen LogP contribution in [-0.4, -0.2) is 48.9 Å². The molecule has 17 heavy (non-hydrogen) atoms. The van der Waals surface area contributed by atoms with Crippen LogP contribution in [0.15, 0.2) is 30.3 Å². The molecule has 0 bridgehead atoms. The standard InChI is InChI=1S/C14H20N2O/c1-15-10-6-9-13(15)11-16(2)14(17)12-7-4-3-5-8-12/h3-5,7-8,13H,6,9-11H2,1-2H3. The van der Waals surface area contributed by atoms with Gasteiger partial charge in [0.1, 0.15) is 0 Å². The predicted molar refractivity (Wildman–Crippen MR) is 69.1 cm³/mol. The van der Waals surface area contributed by atoms with Crippen LogP contribution < -0.4 is 0 Å². The van der Waals surface area contributed by atoms with Crippen LogP contribution in [0.1, 0.15) is 23.2 Å². The molecule has 1 aliphatic rings. The zero-order valence-corrected chi connectivity index (χ0v) is 10.6. The molecule has 1 unspecified atom stereocenters. The van der Waals surface area contributed by atoms with E-state index in [0.717, 1.165) is 18.7 Å². The highest BCUT2D eigenvalue weighted by atomic mass is 16.2. The highest BCUT2D eigenvalue weighted by molar-refractivity contribution is 5.94. The average Bonchev–Trinajstić information content (AvgIpc) is 2.75. The van der Waals surface area contributed by atoms with Crippen LogP contribution >= 0.6 is 0 Å². The van der Waals surface area contributed by atoms with Crippen molar-refractivity contribution in [3.63, 3.8) is 0 Å². The van der Waals surface area contributed by atoms with Crippen molar-refractivity contribution in [2.75, 3.05) is 27.2 Å². The van der Waals surface area contributed by atoms with Gasteiger partial charge >= 0.3 is 0 Å². The van der Waals surface area contributed by atoms with Crippen molar-refractivity contribution >= 4 is 5.91 Å². The molecule has 1 fully saturated rings. The first-order chi connectivity index (χ1) is 8.18. The Morgan fingerprint density at radius 2 is 2.12 bits per heavy atom. The molecule has 1 aromatic carbocycles. The van der Waals surface area contributed by atoms with Gasteiger partial charge in [0.05, 0.1) is 0 Å². The molecule has 1 amide bonds. The lowest BCUT2D eigenvalue weighted by molar-refractivity contribution is 0.0761. The van der Waals surface area contributed by atoms with Crippen LogP contribution in [0.25, 0.3) is 0 Å². The van der Waals surface area contributed by atoms with Gasteiger partial charge < -0.3 is 9.80 Å². The van der Waals surface area contributed by atoms with Crippen LogP contribution in [0.3, 0.4) is 0 Å². The Kier molecular flexibility index (Phi) is 3.79. The quantitative estimate of drug-likeness (QED) is 0.794. The van der Waals surface area contributed by atoms with E-state index < -0.39 is 0 Å². The van der Waals surface area contributed by atoms with Gasteiger partial charge in [-0.2, -0.15) is 0 Å². The normalized spacial score (nSPS) is 20.5. The van der Waals surface area contributed by atoms with Crippen LogP contribution in [0.5, 0.6) is 0 Å². The number of nitrogens with zero attached hydrogens (tertiary/aromatic N) is 2. The molecule has 0 saturated carbocycles. The Balaban J connectivity index is 1.96. The summed E-state index contributed by atoms with van der Waals surface area (Å²) in [6.45, 7) is 1.97. The number of likely N-dealkylation sites (tertiary alicyclic amines) is 1. The van der Waals surface area contributed by atoms with Crippen molar-refractivity contribution in [1.82, 2.24) is 9.80 Å². The van der Waals surface area contributed by atoms with E-state index in [4.69, 9.17) is 0 Å². The van der Waals surface area contributed by atoms with Crippen LogP contribution in [0, 0.1) is 0 Å². The molecule has 0 N–H and O–H groups in total. The van der Waals surface area contributed by atoms with Crippen molar-refractivity contribution in [3.05, 3.63) is 35.9 Å². The maximum absolute atomic E-state index is 12.1.